The molecule has 0 bridgehead atoms. The lowest BCUT2D eigenvalue weighted by Gasteiger charge is -2.10. The summed E-state index contributed by atoms with van der Waals surface area (Å²) in [6.45, 7) is 0. The zero-order valence-corrected chi connectivity index (χ0v) is 11.1. The molecule has 0 aliphatic carbocycles. The van der Waals surface area contributed by atoms with Crippen molar-refractivity contribution in [1.82, 2.24) is 4.90 Å². The molecule has 1 aromatic rings. The molecule has 0 heterocycles. The van der Waals surface area contributed by atoms with Crippen molar-refractivity contribution in [3.8, 4) is 0 Å². The SMILES string of the molecule is CN(C)C(=O)CCc1cc(N)ccc1I. The van der Waals surface area contributed by atoms with Crippen molar-refractivity contribution in [3.05, 3.63) is 27.3 Å². The smallest absolute Gasteiger partial charge is 0.222 e. The first-order valence-electron chi connectivity index (χ1n) is 4.74. The highest BCUT2D eigenvalue weighted by atomic mass is 127. The van der Waals surface area contributed by atoms with Gasteiger partial charge in [0.15, 0.2) is 0 Å². The van der Waals surface area contributed by atoms with Crippen LogP contribution in [0.25, 0.3) is 0 Å². The van der Waals surface area contributed by atoms with E-state index in [4.69, 9.17) is 5.73 Å². The van der Waals surface area contributed by atoms with E-state index in [1.807, 2.05) is 18.2 Å². The van der Waals surface area contributed by atoms with Gasteiger partial charge < -0.3 is 10.6 Å². The van der Waals surface area contributed by atoms with Gasteiger partial charge >= 0.3 is 0 Å². The fourth-order valence-electron chi connectivity index (χ4n) is 1.25. The summed E-state index contributed by atoms with van der Waals surface area (Å²) >= 11 is 2.26. The van der Waals surface area contributed by atoms with Crippen LogP contribution in [0, 0.1) is 3.57 Å². The molecule has 0 aromatic heterocycles. The van der Waals surface area contributed by atoms with E-state index in [0.29, 0.717) is 6.42 Å². The van der Waals surface area contributed by atoms with Gasteiger partial charge in [0.05, 0.1) is 0 Å². The van der Waals surface area contributed by atoms with Crippen molar-refractivity contribution in [2.45, 2.75) is 12.8 Å². The molecule has 0 aliphatic rings. The van der Waals surface area contributed by atoms with Crippen molar-refractivity contribution < 1.29 is 4.79 Å². The lowest BCUT2D eigenvalue weighted by atomic mass is 10.1. The number of nitrogens with zero attached hydrogens (tertiary/aromatic N) is 1. The summed E-state index contributed by atoms with van der Waals surface area (Å²) in [6, 6.07) is 5.79. The number of nitrogen functional groups attached to an aromatic ring is 1. The van der Waals surface area contributed by atoms with Crippen LogP contribution in [0.4, 0.5) is 5.69 Å². The predicted octanol–water partition coefficient (Wildman–Crippen LogP) is 1.89. The molecule has 0 saturated heterocycles. The van der Waals surface area contributed by atoms with Crippen molar-refractivity contribution in [2.24, 2.45) is 0 Å². The number of carbonyl (C=O) groups is 1. The normalized spacial score (nSPS) is 10.1. The molecule has 1 amide bonds. The fourth-order valence-corrected chi connectivity index (χ4v) is 1.86. The van der Waals surface area contributed by atoms with Crippen LogP contribution in [-0.4, -0.2) is 24.9 Å². The molecule has 2 N–H and O–H groups in total. The van der Waals surface area contributed by atoms with Gasteiger partial charge in [0, 0.05) is 29.8 Å². The molecule has 0 fully saturated rings. The predicted molar refractivity (Wildman–Crippen MR) is 70.6 cm³/mol. The van der Waals surface area contributed by atoms with Gasteiger partial charge in [-0.05, 0) is 52.8 Å². The molecule has 3 nitrogen and oxygen atoms in total. The maximum absolute atomic E-state index is 11.4. The topological polar surface area (TPSA) is 46.3 Å². The number of aryl methyl sites for hydroxylation is 1. The van der Waals surface area contributed by atoms with Gasteiger partial charge in [-0.1, -0.05) is 0 Å². The highest BCUT2D eigenvalue weighted by molar-refractivity contribution is 14.1. The molecular weight excluding hydrogens is 303 g/mol. The number of amides is 1. The average molecular weight is 318 g/mol. The number of carbonyl (C=O) groups excluding carboxylic acids is 1. The number of benzene rings is 1. The van der Waals surface area contributed by atoms with E-state index in [-0.39, 0.29) is 5.91 Å². The standard InChI is InChI=1S/C11H15IN2O/c1-14(2)11(15)6-3-8-7-9(13)4-5-10(8)12/h4-5,7H,3,6,13H2,1-2H3. The molecule has 15 heavy (non-hydrogen) atoms. The summed E-state index contributed by atoms with van der Waals surface area (Å²) in [4.78, 5) is 13.0. The highest BCUT2D eigenvalue weighted by Gasteiger charge is 2.06. The molecule has 0 spiro atoms. The molecular formula is C11H15IN2O. The molecule has 0 saturated carbocycles. The second-order valence-corrected chi connectivity index (χ2v) is 4.80. The molecule has 0 unspecified atom stereocenters. The second kappa shape index (κ2) is 5.34. The molecule has 1 aromatic carbocycles. The third kappa shape index (κ3) is 3.70. The summed E-state index contributed by atoms with van der Waals surface area (Å²) in [5.74, 6) is 0.147. The third-order valence-corrected chi connectivity index (χ3v) is 3.23. The van der Waals surface area contributed by atoms with Gasteiger partial charge in [-0.25, -0.2) is 0 Å². The van der Waals surface area contributed by atoms with Gasteiger partial charge in [0.2, 0.25) is 5.91 Å². The Morgan fingerprint density at radius 2 is 2.13 bits per heavy atom. The Labute approximate surface area is 104 Å². The Hall–Kier alpha value is -0.780. The van der Waals surface area contributed by atoms with Gasteiger partial charge in [-0.3, -0.25) is 4.79 Å². The molecule has 0 atom stereocenters. The Morgan fingerprint density at radius 3 is 2.73 bits per heavy atom. The molecule has 82 valence electrons. The lowest BCUT2D eigenvalue weighted by Crippen LogP contribution is -2.21. The van der Waals surface area contributed by atoms with Gasteiger partial charge in [-0.15, -0.1) is 0 Å². The summed E-state index contributed by atoms with van der Waals surface area (Å²) < 4.78 is 1.16. The number of hydrogen-bond donors (Lipinski definition) is 1. The molecule has 4 heteroatoms. The fraction of sp³-hybridized carbons (Fsp3) is 0.364. The number of halogens is 1. The maximum atomic E-state index is 11.4. The van der Waals surface area contributed by atoms with Crippen LogP contribution in [-0.2, 0) is 11.2 Å². The zero-order chi connectivity index (χ0) is 11.4. The highest BCUT2D eigenvalue weighted by Crippen LogP contribution is 2.17. The molecule has 0 aliphatic heterocycles. The number of anilines is 1. The Morgan fingerprint density at radius 1 is 1.47 bits per heavy atom. The lowest BCUT2D eigenvalue weighted by molar-refractivity contribution is -0.128. The van der Waals surface area contributed by atoms with E-state index in [1.165, 1.54) is 0 Å². The first-order chi connectivity index (χ1) is 7.00. The van der Waals surface area contributed by atoms with E-state index in [0.717, 1.165) is 21.2 Å². The number of rotatable bonds is 3. The van der Waals surface area contributed by atoms with Crippen molar-refractivity contribution in [1.29, 1.82) is 0 Å². The van der Waals surface area contributed by atoms with E-state index < -0.39 is 0 Å². The zero-order valence-electron chi connectivity index (χ0n) is 8.96. The van der Waals surface area contributed by atoms with Crippen LogP contribution in [0.15, 0.2) is 18.2 Å². The van der Waals surface area contributed by atoms with Gasteiger partial charge in [0.25, 0.3) is 0 Å². The van der Waals surface area contributed by atoms with Crippen LogP contribution in [0.1, 0.15) is 12.0 Å². The summed E-state index contributed by atoms with van der Waals surface area (Å²) in [6.07, 6.45) is 1.28. The quantitative estimate of drug-likeness (QED) is 0.683. The average Bonchev–Trinajstić information content (AvgIpc) is 2.18. The number of hydrogen-bond acceptors (Lipinski definition) is 2. The Bertz CT molecular complexity index is 364. The summed E-state index contributed by atoms with van der Waals surface area (Å²) in [5, 5.41) is 0. The first-order valence-corrected chi connectivity index (χ1v) is 5.82. The van der Waals surface area contributed by atoms with Crippen LogP contribution in [0.2, 0.25) is 0 Å². The molecule has 0 radical (unpaired) electrons. The largest absolute Gasteiger partial charge is 0.399 e. The second-order valence-electron chi connectivity index (χ2n) is 3.64. The number of nitrogens with two attached hydrogens (primary N) is 1. The monoisotopic (exact) mass is 318 g/mol. The minimum Gasteiger partial charge on any atom is -0.399 e. The molecule has 1 rings (SSSR count). The summed E-state index contributed by atoms with van der Waals surface area (Å²) in [5.41, 5.74) is 7.59. The van der Waals surface area contributed by atoms with Crippen LogP contribution in [0.3, 0.4) is 0 Å². The van der Waals surface area contributed by atoms with Crippen LogP contribution < -0.4 is 5.73 Å². The van der Waals surface area contributed by atoms with Crippen LogP contribution in [0.5, 0.6) is 0 Å². The Kier molecular flexibility index (Phi) is 4.38. The van der Waals surface area contributed by atoms with E-state index in [9.17, 15) is 4.79 Å². The third-order valence-electron chi connectivity index (χ3n) is 2.18. The van der Waals surface area contributed by atoms with Crippen LogP contribution >= 0.6 is 22.6 Å². The first kappa shape index (κ1) is 12.3. The van der Waals surface area contributed by atoms with Crippen molar-refractivity contribution in [2.75, 3.05) is 19.8 Å². The van der Waals surface area contributed by atoms with Gasteiger partial charge in [0.1, 0.15) is 0 Å². The minimum atomic E-state index is 0.147. The van der Waals surface area contributed by atoms with E-state index in [1.54, 1.807) is 19.0 Å². The minimum absolute atomic E-state index is 0.147. The van der Waals surface area contributed by atoms with Gasteiger partial charge in [-0.2, -0.15) is 0 Å². The summed E-state index contributed by atoms with van der Waals surface area (Å²) in [7, 11) is 3.54. The van der Waals surface area contributed by atoms with E-state index >= 15 is 0 Å². The van der Waals surface area contributed by atoms with E-state index in [2.05, 4.69) is 22.6 Å². The maximum Gasteiger partial charge on any atom is 0.222 e. The van der Waals surface area contributed by atoms with Crippen molar-refractivity contribution >= 4 is 34.2 Å². The Balaban J connectivity index is 2.65. The van der Waals surface area contributed by atoms with Crippen molar-refractivity contribution in [3.63, 3.8) is 0 Å².